The van der Waals surface area contributed by atoms with Gasteiger partial charge in [0, 0.05) is 12.6 Å². The van der Waals surface area contributed by atoms with Crippen molar-refractivity contribution < 1.29 is 8.42 Å². The molecule has 1 aromatic rings. The minimum absolute atomic E-state index is 0.0336. The van der Waals surface area contributed by atoms with Crippen molar-refractivity contribution in [2.24, 2.45) is 0 Å². The average molecular weight is 254 g/mol. The van der Waals surface area contributed by atoms with E-state index in [0.717, 1.165) is 25.1 Å². The maximum absolute atomic E-state index is 12.1. The molecule has 94 valence electrons. The number of sulfonamides is 1. The molecule has 1 fully saturated rings. The Hall–Kier alpha value is -0.910. The standard InChI is InChI=1S/C12H18N2O2S/c1-10-3-5-12(6-4-10)17(15,16)13-11-7-8-14(2)9-11/h3-6,11,13H,7-9H2,1-2H3. The van der Waals surface area contributed by atoms with Crippen LogP contribution in [0, 0.1) is 6.92 Å². The van der Waals surface area contributed by atoms with Gasteiger partial charge in [0.25, 0.3) is 0 Å². The predicted molar refractivity (Wildman–Crippen MR) is 67.4 cm³/mol. The zero-order valence-corrected chi connectivity index (χ0v) is 11.0. The Kier molecular flexibility index (Phi) is 3.51. The summed E-state index contributed by atoms with van der Waals surface area (Å²) in [5.41, 5.74) is 1.06. The molecule has 0 aliphatic carbocycles. The summed E-state index contributed by atoms with van der Waals surface area (Å²) in [4.78, 5) is 2.47. The van der Waals surface area contributed by atoms with Crippen LogP contribution in [0.15, 0.2) is 29.2 Å². The quantitative estimate of drug-likeness (QED) is 0.874. The van der Waals surface area contributed by atoms with Crippen LogP contribution in [0.4, 0.5) is 0 Å². The maximum atomic E-state index is 12.1. The number of hydrogen-bond acceptors (Lipinski definition) is 3. The van der Waals surface area contributed by atoms with Crippen molar-refractivity contribution in [1.29, 1.82) is 0 Å². The van der Waals surface area contributed by atoms with Gasteiger partial charge in [-0.25, -0.2) is 13.1 Å². The second-order valence-electron chi connectivity index (χ2n) is 4.68. The second-order valence-corrected chi connectivity index (χ2v) is 6.40. The highest BCUT2D eigenvalue weighted by Crippen LogP contribution is 2.13. The van der Waals surface area contributed by atoms with Crippen LogP contribution in [0.25, 0.3) is 0 Å². The number of likely N-dealkylation sites (N-methyl/N-ethyl adjacent to an activating group) is 1. The van der Waals surface area contributed by atoms with Crippen molar-refractivity contribution in [2.75, 3.05) is 20.1 Å². The number of aryl methyl sites for hydroxylation is 1. The molecule has 1 saturated heterocycles. The lowest BCUT2D eigenvalue weighted by Gasteiger charge is -2.13. The van der Waals surface area contributed by atoms with E-state index < -0.39 is 10.0 Å². The molecule has 1 atom stereocenters. The zero-order valence-electron chi connectivity index (χ0n) is 10.2. The molecule has 1 aliphatic rings. The van der Waals surface area contributed by atoms with Crippen molar-refractivity contribution in [2.45, 2.75) is 24.3 Å². The Morgan fingerprint density at radius 1 is 1.29 bits per heavy atom. The highest BCUT2D eigenvalue weighted by Gasteiger charge is 2.25. The largest absolute Gasteiger partial charge is 0.305 e. The van der Waals surface area contributed by atoms with Crippen LogP contribution >= 0.6 is 0 Å². The van der Waals surface area contributed by atoms with Crippen molar-refractivity contribution >= 4 is 10.0 Å². The molecule has 1 aliphatic heterocycles. The van der Waals surface area contributed by atoms with Crippen LogP contribution in [0.2, 0.25) is 0 Å². The van der Waals surface area contributed by atoms with Crippen molar-refractivity contribution in [1.82, 2.24) is 9.62 Å². The summed E-state index contributed by atoms with van der Waals surface area (Å²) < 4.78 is 26.9. The van der Waals surface area contributed by atoms with Crippen molar-refractivity contribution in [3.8, 4) is 0 Å². The monoisotopic (exact) mass is 254 g/mol. The minimum atomic E-state index is -3.36. The molecule has 4 nitrogen and oxygen atoms in total. The van der Waals surface area contributed by atoms with Gasteiger partial charge in [0.2, 0.25) is 10.0 Å². The van der Waals surface area contributed by atoms with E-state index in [9.17, 15) is 8.42 Å². The molecule has 0 spiro atoms. The van der Waals surface area contributed by atoms with Gasteiger partial charge >= 0.3 is 0 Å². The smallest absolute Gasteiger partial charge is 0.240 e. The van der Waals surface area contributed by atoms with Crippen LogP contribution in [-0.2, 0) is 10.0 Å². The van der Waals surface area contributed by atoms with E-state index in [1.54, 1.807) is 12.1 Å². The van der Waals surface area contributed by atoms with Crippen LogP contribution in [0.3, 0.4) is 0 Å². The van der Waals surface area contributed by atoms with Gasteiger partial charge in [-0.1, -0.05) is 17.7 Å². The van der Waals surface area contributed by atoms with Gasteiger partial charge in [-0.05, 0) is 39.1 Å². The molecule has 0 aromatic heterocycles. The number of hydrogen-bond donors (Lipinski definition) is 1. The SMILES string of the molecule is Cc1ccc(S(=O)(=O)NC2CCN(C)C2)cc1. The maximum Gasteiger partial charge on any atom is 0.240 e. The van der Waals surface area contributed by atoms with Crippen LogP contribution in [-0.4, -0.2) is 39.5 Å². The Bertz CT molecular complexity index is 482. The van der Waals surface area contributed by atoms with Gasteiger partial charge in [-0.2, -0.15) is 0 Å². The van der Waals surface area contributed by atoms with Crippen molar-refractivity contribution in [3.05, 3.63) is 29.8 Å². The number of benzene rings is 1. The molecule has 5 heteroatoms. The number of rotatable bonds is 3. The molecule has 1 N–H and O–H groups in total. The molecule has 0 radical (unpaired) electrons. The first-order valence-corrected chi connectivity index (χ1v) is 7.23. The first kappa shape index (κ1) is 12.5. The zero-order chi connectivity index (χ0) is 12.5. The van der Waals surface area contributed by atoms with E-state index in [0.29, 0.717) is 4.90 Å². The van der Waals surface area contributed by atoms with E-state index in [1.165, 1.54) is 0 Å². The molecule has 0 bridgehead atoms. The normalized spacial score (nSPS) is 21.9. The summed E-state index contributed by atoms with van der Waals surface area (Å²) in [5.74, 6) is 0. The van der Waals surface area contributed by atoms with E-state index >= 15 is 0 Å². The van der Waals surface area contributed by atoms with Crippen LogP contribution in [0.5, 0.6) is 0 Å². The summed E-state index contributed by atoms with van der Waals surface area (Å²) in [6, 6.07) is 6.96. The Labute approximate surface area is 103 Å². The van der Waals surface area contributed by atoms with Gasteiger partial charge in [-0.15, -0.1) is 0 Å². The molecule has 0 amide bonds. The molecule has 17 heavy (non-hydrogen) atoms. The van der Waals surface area contributed by atoms with E-state index in [-0.39, 0.29) is 6.04 Å². The molecule has 1 aromatic carbocycles. The summed E-state index contributed by atoms with van der Waals surface area (Å²) in [5, 5.41) is 0. The van der Waals surface area contributed by atoms with Gasteiger partial charge in [0.15, 0.2) is 0 Å². The third kappa shape index (κ3) is 3.06. The molecular weight excluding hydrogens is 236 g/mol. The summed E-state index contributed by atoms with van der Waals surface area (Å²) in [7, 11) is -1.36. The first-order valence-electron chi connectivity index (χ1n) is 5.75. The Morgan fingerprint density at radius 3 is 2.47 bits per heavy atom. The summed E-state index contributed by atoms with van der Waals surface area (Å²) in [6.07, 6.45) is 0.877. The van der Waals surface area contributed by atoms with Gasteiger partial charge in [0.05, 0.1) is 4.90 Å². The average Bonchev–Trinajstić information content (AvgIpc) is 2.63. The van der Waals surface area contributed by atoms with Gasteiger partial charge in [-0.3, -0.25) is 0 Å². The predicted octanol–water partition coefficient (Wildman–Crippen LogP) is 0.977. The fourth-order valence-electron chi connectivity index (χ4n) is 2.04. The topological polar surface area (TPSA) is 49.4 Å². The van der Waals surface area contributed by atoms with E-state index in [2.05, 4.69) is 9.62 Å². The third-order valence-electron chi connectivity index (χ3n) is 3.04. The lowest BCUT2D eigenvalue weighted by Crippen LogP contribution is -2.36. The fourth-order valence-corrected chi connectivity index (χ4v) is 3.30. The lowest BCUT2D eigenvalue weighted by atomic mass is 10.2. The third-order valence-corrected chi connectivity index (χ3v) is 4.58. The molecule has 1 heterocycles. The van der Waals surface area contributed by atoms with E-state index in [4.69, 9.17) is 0 Å². The van der Waals surface area contributed by atoms with Gasteiger partial charge in [0.1, 0.15) is 0 Å². The highest BCUT2D eigenvalue weighted by molar-refractivity contribution is 7.89. The van der Waals surface area contributed by atoms with Crippen LogP contribution in [0.1, 0.15) is 12.0 Å². The number of likely N-dealkylation sites (tertiary alicyclic amines) is 1. The molecule has 0 saturated carbocycles. The summed E-state index contributed by atoms with van der Waals surface area (Å²) in [6.45, 7) is 3.67. The highest BCUT2D eigenvalue weighted by atomic mass is 32.2. The number of nitrogens with one attached hydrogen (secondary N) is 1. The van der Waals surface area contributed by atoms with Crippen LogP contribution < -0.4 is 4.72 Å². The molecule has 1 unspecified atom stereocenters. The molecular formula is C12H18N2O2S. The molecule has 2 rings (SSSR count). The van der Waals surface area contributed by atoms with Gasteiger partial charge < -0.3 is 4.90 Å². The lowest BCUT2D eigenvalue weighted by molar-refractivity contribution is 0.407. The first-order chi connectivity index (χ1) is 7.97. The van der Waals surface area contributed by atoms with Crippen molar-refractivity contribution in [3.63, 3.8) is 0 Å². The van der Waals surface area contributed by atoms with E-state index in [1.807, 2.05) is 26.1 Å². The second kappa shape index (κ2) is 4.76. The fraction of sp³-hybridized carbons (Fsp3) is 0.500. The Morgan fingerprint density at radius 2 is 1.94 bits per heavy atom. The summed E-state index contributed by atoms with van der Waals surface area (Å²) >= 11 is 0. The minimum Gasteiger partial charge on any atom is -0.305 e. The Balaban J connectivity index is 2.11. The number of nitrogens with zero attached hydrogens (tertiary/aromatic N) is 1.